The molecule has 0 aliphatic rings. The number of nitrogens with one attached hydrogen (secondary N) is 1. The lowest BCUT2D eigenvalue weighted by Crippen LogP contribution is -2.37. The van der Waals surface area contributed by atoms with Crippen LogP contribution in [0, 0.1) is 0 Å². The number of sulfonamides is 1. The second kappa shape index (κ2) is 7.63. The second-order valence-electron chi connectivity index (χ2n) is 5.04. The lowest BCUT2D eigenvalue weighted by Gasteiger charge is -2.23. The summed E-state index contributed by atoms with van der Waals surface area (Å²) in [5.41, 5.74) is 5.95. The molecule has 1 aromatic rings. The van der Waals surface area contributed by atoms with Crippen LogP contribution in [0.4, 0.5) is 5.69 Å². The highest BCUT2D eigenvalue weighted by Crippen LogP contribution is 2.23. The van der Waals surface area contributed by atoms with E-state index in [1.54, 1.807) is 6.07 Å². The summed E-state index contributed by atoms with van der Waals surface area (Å²) in [5.74, 6) is 0.531. The maximum Gasteiger partial charge on any atom is 0.242 e. The molecular weight excluding hydrogens is 290 g/mol. The van der Waals surface area contributed by atoms with E-state index in [2.05, 4.69) is 23.5 Å². The van der Waals surface area contributed by atoms with E-state index in [1.165, 1.54) is 19.2 Å². The number of anilines is 1. The zero-order valence-electron chi connectivity index (χ0n) is 13.1. The maximum absolute atomic E-state index is 12.2. The molecule has 0 amide bonds. The van der Waals surface area contributed by atoms with Crippen LogP contribution in [0.25, 0.3) is 0 Å². The molecule has 0 aromatic heterocycles. The molecule has 0 radical (unpaired) electrons. The van der Waals surface area contributed by atoms with Crippen molar-refractivity contribution in [1.29, 1.82) is 0 Å². The molecule has 0 saturated carbocycles. The fourth-order valence-electron chi connectivity index (χ4n) is 1.86. The van der Waals surface area contributed by atoms with Crippen LogP contribution in [0.5, 0.6) is 5.75 Å². The summed E-state index contributed by atoms with van der Waals surface area (Å²) in [6, 6.07) is 4.95. The summed E-state index contributed by atoms with van der Waals surface area (Å²) in [6.45, 7) is 5.19. The van der Waals surface area contributed by atoms with Crippen LogP contribution in [0.1, 0.15) is 20.3 Å². The highest BCUT2D eigenvalue weighted by molar-refractivity contribution is 7.89. The predicted molar refractivity (Wildman–Crippen MR) is 85.0 cm³/mol. The average molecular weight is 315 g/mol. The molecule has 120 valence electrons. The Hall–Kier alpha value is -1.31. The van der Waals surface area contributed by atoms with Crippen molar-refractivity contribution in [2.75, 3.05) is 33.0 Å². The van der Waals surface area contributed by atoms with Gasteiger partial charge in [0.25, 0.3) is 0 Å². The number of ether oxygens (including phenoxy) is 1. The van der Waals surface area contributed by atoms with E-state index < -0.39 is 10.0 Å². The monoisotopic (exact) mass is 315 g/mol. The number of hydrogen-bond donors (Lipinski definition) is 2. The summed E-state index contributed by atoms with van der Waals surface area (Å²) >= 11 is 0. The van der Waals surface area contributed by atoms with Crippen LogP contribution in [-0.2, 0) is 10.0 Å². The SMILES string of the molecule is CCC(C)N(C)CCNS(=O)(=O)c1ccc(OC)cc1N. The number of nitrogens with two attached hydrogens (primary N) is 1. The minimum absolute atomic E-state index is 0.0782. The van der Waals surface area contributed by atoms with Crippen LogP contribution in [-0.4, -0.2) is 46.6 Å². The number of hydrogen-bond acceptors (Lipinski definition) is 5. The van der Waals surface area contributed by atoms with E-state index in [9.17, 15) is 8.42 Å². The standard InChI is InChI=1S/C14H25N3O3S/c1-5-11(2)17(3)9-8-16-21(18,19)14-7-6-12(20-4)10-13(14)15/h6-7,10-11,16H,5,8-9,15H2,1-4H3. The maximum atomic E-state index is 12.2. The van der Waals surface area contributed by atoms with Gasteiger partial charge in [-0.3, -0.25) is 0 Å². The smallest absolute Gasteiger partial charge is 0.242 e. The van der Waals surface area contributed by atoms with Crippen LogP contribution in [0.15, 0.2) is 23.1 Å². The number of rotatable bonds is 8. The summed E-state index contributed by atoms with van der Waals surface area (Å²) in [7, 11) is -0.119. The molecule has 3 N–H and O–H groups in total. The minimum Gasteiger partial charge on any atom is -0.497 e. The third-order valence-corrected chi connectivity index (χ3v) is 5.14. The normalized spacial score (nSPS) is 13.4. The van der Waals surface area contributed by atoms with Gasteiger partial charge in [-0.25, -0.2) is 13.1 Å². The van der Waals surface area contributed by atoms with Gasteiger partial charge in [-0.1, -0.05) is 6.92 Å². The summed E-state index contributed by atoms with van der Waals surface area (Å²) in [5, 5.41) is 0. The number of benzene rings is 1. The van der Waals surface area contributed by atoms with E-state index >= 15 is 0 Å². The Morgan fingerprint density at radius 2 is 2.10 bits per heavy atom. The Balaban J connectivity index is 2.70. The van der Waals surface area contributed by atoms with Crippen LogP contribution in [0.3, 0.4) is 0 Å². The molecule has 0 bridgehead atoms. The summed E-state index contributed by atoms with van der Waals surface area (Å²) in [4.78, 5) is 2.19. The Morgan fingerprint density at radius 1 is 1.43 bits per heavy atom. The minimum atomic E-state index is -3.60. The first-order chi connectivity index (χ1) is 9.81. The zero-order chi connectivity index (χ0) is 16.0. The van der Waals surface area contributed by atoms with Gasteiger partial charge in [0.2, 0.25) is 10.0 Å². The van der Waals surface area contributed by atoms with E-state index in [4.69, 9.17) is 10.5 Å². The molecule has 1 atom stereocenters. The topological polar surface area (TPSA) is 84.7 Å². The average Bonchev–Trinajstić information content (AvgIpc) is 2.45. The van der Waals surface area contributed by atoms with Gasteiger partial charge in [0, 0.05) is 25.2 Å². The molecule has 0 fully saturated rings. The Morgan fingerprint density at radius 3 is 2.62 bits per heavy atom. The molecule has 1 aromatic carbocycles. The summed E-state index contributed by atoms with van der Waals surface area (Å²) in [6.07, 6.45) is 1.02. The first-order valence-corrected chi connectivity index (χ1v) is 8.43. The number of methoxy groups -OCH3 is 1. The third-order valence-electron chi connectivity index (χ3n) is 3.61. The van der Waals surface area contributed by atoms with E-state index in [-0.39, 0.29) is 10.6 Å². The molecule has 21 heavy (non-hydrogen) atoms. The lowest BCUT2D eigenvalue weighted by molar-refractivity contribution is 0.256. The van der Waals surface area contributed by atoms with Crippen LogP contribution >= 0.6 is 0 Å². The molecule has 6 nitrogen and oxygen atoms in total. The Labute approximate surface area is 127 Å². The first-order valence-electron chi connectivity index (χ1n) is 6.95. The predicted octanol–water partition coefficient (Wildman–Crippen LogP) is 1.29. The van der Waals surface area contributed by atoms with Crippen molar-refractivity contribution in [3.63, 3.8) is 0 Å². The third kappa shape index (κ3) is 4.87. The molecule has 0 heterocycles. The Bertz CT molecular complexity index is 561. The highest BCUT2D eigenvalue weighted by atomic mass is 32.2. The van der Waals surface area contributed by atoms with Gasteiger partial charge >= 0.3 is 0 Å². The van der Waals surface area contributed by atoms with E-state index in [0.717, 1.165) is 6.42 Å². The van der Waals surface area contributed by atoms with Crippen molar-refractivity contribution >= 4 is 15.7 Å². The van der Waals surface area contributed by atoms with E-state index in [0.29, 0.717) is 24.9 Å². The molecule has 0 aliphatic carbocycles. The lowest BCUT2D eigenvalue weighted by atomic mass is 10.2. The van der Waals surface area contributed by atoms with Gasteiger partial charge in [0.15, 0.2) is 0 Å². The van der Waals surface area contributed by atoms with Crippen molar-refractivity contribution in [3.05, 3.63) is 18.2 Å². The number of nitrogen functional groups attached to an aromatic ring is 1. The molecule has 0 saturated heterocycles. The molecule has 0 spiro atoms. The molecule has 1 unspecified atom stereocenters. The highest BCUT2D eigenvalue weighted by Gasteiger charge is 2.18. The fraction of sp³-hybridized carbons (Fsp3) is 0.571. The van der Waals surface area contributed by atoms with Gasteiger partial charge in [-0.2, -0.15) is 0 Å². The van der Waals surface area contributed by atoms with Crippen molar-refractivity contribution < 1.29 is 13.2 Å². The number of likely N-dealkylation sites (N-methyl/N-ethyl adjacent to an activating group) is 1. The van der Waals surface area contributed by atoms with Crippen molar-refractivity contribution in [1.82, 2.24) is 9.62 Å². The van der Waals surface area contributed by atoms with Gasteiger partial charge in [0.1, 0.15) is 10.6 Å². The molecule has 0 aliphatic heterocycles. The van der Waals surface area contributed by atoms with Gasteiger partial charge in [-0.05, 0) is 32.5 Å². The van der Waals surface area contributed by atoms with Crippen molar-refractivity contribution in [2.24, 2.45) is 0 Å². The second-order valence-corrected chi connectivity index (χ2v) is 6.77. The van der Waals surface area contributed by atoms with E-state index in [1.807, 2.05) is 7.05 Å². The Kier molecular flexibility index (Phi) is 6.44. The molecule has 7 heteroatoms. The number of nitrogens with zero attached hydrogens (tertiary/aromatic N) is 1. The van der Waals surface area contributed by atoms with Gasteiger partial charge in [-0.15, -0.1) is 0 Å². The molecule has 1 rings (SSSR count). The van der Waals surface area contributed by atoms with Crippen LogP contribution in [0.2, 0.25) is 0 Å². The van der Waals surface area contributed by atoms with Gasteiger partial charge < -0.3 is 15.4 Å². The van der Waals surface area contributed by atoms with Crippen molar-refractivity contribution in [3.8, 4) is 5.75 Å². The summed E-state index contributed by atoms with van der Waals surface area (Å²) < 4.78 is 32.0. The largest absolute Gasteiger partial charge is 0.497 e. The van der Waals surface area contributed by atoms with Crippen molar-refractivity contribution in [2.45, 2.75) is 31.2 Å². The van der Waals surface area contributed by atoms with Gasteiger partial charge in [0.05, 0.1) is 12.8 Å². The zero-order valence-corrected chi connectivity index (χ0v) is 13.9. The quantitative estimate of drug-likeness (QED) is 0.706. The molecular formula is C14H25N3O3S. The first kappa shape index (κ1) is 17.7. The van der Waals surface area contributed by atoms with Crippen LogP contribution < -0.4 is 15.2 Å². The fourth-order valence-corrected chi connectivity index (χ4v) is 3.00.